The average molecular weight is 214 g/mol. The van der Waals surface area contributed by atoms with Crippen molar-refractivity contribution >= 4 is 17.0 Å². The third-order valence-electron chi connectivity index (χ3n) is 2.18. The predicted octanol–water partition coefficient (Wildman–Crippen LogP) is 3.06. The molecule has 0 aliphatic carbocycles. The minimum Gasteiger partial charge on any atom is -0.477 e. The van der Waals surface area contributed by atoms with Gasteiger partial charge >= 0.3 is 0 Å². The fraction of sp³-hybridized carbons (Fsp3) is 0.231. The molecule has 0 spiro atoms. The van der Waals surface area contributed by atoms with Crippen LogP contribution in [0.3, 0.4) is 0 Å². The zero-order valence-electron chi connectivity index (χ0n) is 9.47. The molecule has 1 aromatic carbocycles. The third-order valence-corrected chi connectivity index (χ3v) is 2.18. The lowest BCUT2D eigenvalue weighted by Crippen LogP contribution is -1.99. The molecule has 0 saturated heterocycles. The van der Waals surface area contributed by atoms with E-state index in [1.807, 2.05) is 50.3 Å². The number of hydrogen-bond acceptors (Lipinski definition) is 3. The first kappa shape index (κ1) is 10.6. The van der Waals surface area contributed by atoms with Crippen molar-refractivity contribution in [2.24, 2.45) is 0 Å². The molecule has 82 valence electrons. The second-order valence-electron chi connectivity index (χ2n) is 3.34. The number of aromatic nitrogens is 2. The smallest absolute Gasteiger partial charge is 0.224 e. The Bertz CT molecular complexity index is 520. The second-order valence-corrected chi connectivity index (χ2v) is 3.34. The largest absolute Gasteiger partial charge is 0.477 e. The molecule has 0 atom stereocenters. The van der Waals surface area contributed by atoms with Gasteiger partial charge in [-0.15, -0.1) is 0 Å². The number of hydrogen-bond donors (Lipinski definition) is 0. The van der Waals surface area contributed by atoms with E-state index < -0.39 is 0 Å². The third kappa shape index (κ3) is 2.03. The number of para-hydroxylation sites is 1. The van der Waals surface area contributed by atoms with E-state index in [0.717, 1.165) is 10.9 Å². The molecular weight excluding hydrogens is 200 g/mol. The molecule has 0 bridgehead atoms. The van der Waals surface area contributed by atoms with Gasteiger partial charge in [0.1, 0.15) is 0 Å². The number of ether oxygens (including phenoxy) is 1. The maximum Gasteiger partial charge on any atom is 0.224 e. The number of rotatable bonds is 3. The first-order valence-electron chi connectivity index (χ1n) is 5.37. The maximum atomic E-state index is 5.52. The van der Waals surface area contributed by atoms with E-state index in [2.05, 4.69) is 9.97 Å². The summed E-state index contributed by atoms with van der Waals surface area (Å²) in [5.41, 5.74) is 0.911. The summed E-state index contributed by atoms with van der Waals surface area (Å²) in [5, 5.41) is 0.956. The lowest BCUT2D eigenvalue weighted by molar-refractivity contribution is 0.330. The quantitative estimate of drug-likeness (QED) is 0.787. The van der Waals surface area contributed by atoms with Gasteiger partial charge in [0.05, 0.1) is 17.5 Å². The van der Waals surface area contributed by atoms with Crippen LogP contribution in [0.4, 0.5) is 0 Å². The molecule has 0 aliphatic heterocycles. The van der Waals surface area contributed by atoms with Crippen LogP contribution in [0.15, 0.2) is 30.3 Å². The highest BCUT2D eigenvalue weighted by Gasteiger charge is 2.05. The van der Waals surface area contributed by atoms with Crippen LogP contribution >= 0.6 is 0 Å². The molecule has 1 heterocycles. The number of allylic oxidation sites excluding steroid dienone is 1. The zero-order valence-corrected chi connectivity index (χ0v) is 9.47. The van der Waals surface area contributed by atoms with E-state index in [-0.39, 0.29) is 0 Å². The van der Waals surface area contributed by atoms with Gasteiger partial charge in [0, 0.05) is 0 Å². The van der Waals surface area contributed by atoms with Crippen LogP contribution in [0.2, 0.25) is 0 Å². The van der Waals surface area contributed by atoms with E-state index in [0.29, 0.717) is 18.3 Å². The molecule has 0 saturated carbocycles. The summed E-state index contributed by atoms with van der Waals surface area (Å²) < 4.78 is 5.52. The molecule has 0 fully saturated rings. The molecule has 0 aliphatic rings. The van der Waals surface area contributed by atoms with Gasteiger partial charge in [0.25, 0.3) is 0 Å². The van der Waals surface area contributed by atoms with Gasteiger partial charge in [0.2, 0.25) is 5.88 Å². The van der Waals surface area contributed by atoms with Crippen molar-refractivity contribution in [2.75, 3.05) is 6.61 Å². The molecular formula is C13H14N2O. The highest BCUT2D eigenvalue weighted by molar-refractivity contribution is 5.84. The van der Waals surface area contributed by atoms with Crippen molar-refractivity contribution in [1.29, 1.82) is 0 Å². The van der Waals surface area contributed by atoms with Crippen molar-refractivity contribution in [1.82, 2.24) is 9.97 Å². The Balaban J connectivity index is 2.63. The van der Waals surface area contributed by atoms with Gasteiger partial charge in [-0.1, -0.05) is 18.2 Å². The van der Waals surface area contributed by atoms with Crippen LogP contribution in [-0.4, -0.2) is 16.6 Å². The summed E-state index contributed by atoms with van der Waals surface area (Å²) in [4.78, 5) is 8.79. The Labute approximate surface area is 94.8 Å². The van der Waals surface area contributed by atoms with E-state index >= 15 is 0 Å². The molecule has 2 aromatic rings. The van der Waals surface area contributed by atoms with Gasteiger partial charge in [-0.2, -0.15) is 4.98 Å². The minimum atomic E-state index is 0.607. The zero-order chi connectivity index (χ0) is 11.4. The van der Waals surface area contributed by atoms with E-state index in [1.54, 1.807) is 0 Å². The summed E-state index contributed by atoms with van der Waals surface area (Å²) in [7, 11) is 0. The Morgan fingerprint density at radius 1 is 1.25 bits per heavy atom. The lowest BCUT2D eigenvalue weighted by Gasteiger charge is -2.06. The number of fused-ring (bicyclic) bond motifs is 1. The Kier molecular flexibility index (Phi) is 3.15. The first-order chi connectivity index (χ1) is 7.85. The molecule has 3 nitrogen and oxygen atoms in total. The van der Waals surface area contributed by atoms with Crippen LogP contribution in [0.25, 0.3) is 17.0 Å². The van der Waals surface area contributed by atoms with Crippen molar-refractivity contribution in [2.45, 2.75) is 13.8 Å². The fourth-order valence-corrected chi connectivity index (χ4v) is 1.54. The fourth-order valence-electron chi connectivity index (χ4n) is 1.54. The summed E-state index contributed by atoms with van der Waals surface area (Å²) in [5.74, 6) is 1.34. The monoisotopic (exact) mass is 214 g/mol. The molecule has 0 amide bonds. The molecule has 0 radical (unpaired) electrons. The predicted molar refractivity (Wildman–Crippen MR) is 65.4 cm³/mol. The normalized spacial score (nSPS) is 11.1. The van der Waals surface area contributed by atoms with Crippen molar-refractivity contribution in [3.8, 4) is 5.88 Å². The van der Waals surface area contributed by atoms with Crippen LogP contribution in [0, 0.1) is 0 Å². The molecule has 2 rings (SSSR count). The standard InChI is InChI=1S/C13H14N2O/c1-3-7-12-14-11-9-6-5-8-10(11)13(15-12)16-4-2/h3,5-9H,4H2,1-2H3/b7-3+. The molecule has 16 heavy (non-hydrogen) atoms. The molecule has 0 N–H and O–H groups in total. The molecule has 0 unspecified atom stereocenters. The Morgan fingerprint density at radius 3 is 2.81 bits per heavy atom. The summed E-state index contributed by atoms with van der Waals surface area (Å²) in [6.07, 6.45) is 3.79. The van der Waals surface area contributed by atoms with E-state index in [9.17, 15) is 0 Å². The Hall–Kier alpha value is -1.90. The van der Waals surface area contributed by atoms with Crippen LogP contribution in [-0.2, 0) is 0 Å². The van der Waals surface area contributed by atoms with Gasteiger partial charge in [-0.3, -0.25) is 0 Å². The van der Waals surface area contributed by atoms with Crippen LogP contribution in [0.1, 0.15) is 19.7 Å². The topological polar surface area (TPSA) is 35.0 Å². The molecule has 3 heteroatoms. The first-order valence-corrected chi connectivity index (χ1v) is 5.37. The second kappa shape index (κ2) is 4.75. The average Bonchev–Trinajstić information content (AvgIpc) is 2.30. The van der Waals surface area contributed by atoms with Gasteiger partial charge < -0.3 is 4.74 Å². The maximum absolute atomic E-state index is 5.52. The summed E-state index contributed by atoms with van der Waals surface area (Å²) in [6.45, 7) is 4.50. The molecule has 1 aromatic heterocycles. The van der Waals surface area contributed by atoms with Crippen LogP contribution < -0.4 is 4.74 Å². The van der Waals surface area contributed by atoms with Gasteiger partial charge in [-0.05, 0) is 32.1 Å². The van der Waals surface area contributed by atoms with Crippen molar-refractivity contribution < 1.29 is 4.74 Å². The summed E-state index contributed by atoms with van der Waals surface area (Å²) in [6, 6.07) is 7.86. The number of benzene rings is 1. The lowest BCUT2D eigenvalue weighted by atomic mass is 10.2. The van der Waals surface area contributed by atoms with Crippen molar-refractivity contribution in [3.05, 3.63) is 36.2 Å². The van der Waals surface area contributed by atoms with Gasteiger partial charge in [-0.25, -0.2) is 4.98 Å². The highest BCUT2D eigenvalue weighted by Crippen LogP contribution is 2.22. The van der Waals surface area contributed by atoms with E-state index in [1.165, 1.54) is 0 Å². The highest BCUT2D eigenvalue weighted by atomic mass is 16.5. The summed E-state index contributed by atoms with van der Waals surface area (Å²) >= 11 is 0. The van der Waals surface area contributed by atoms with E-state index in [4.69, 9.17) is 4.74 Å². The van der Waals surface area contributed by atoms with Gasteiger partial charge in [0.15, 0.2) is 5.82 Å². The SMILES string of the molecule is C/C=C/c1nc(OCC)c2ccccc2n1. The Morgan fingerprint density at radius 2 is 2.06 bits per heavy atom. The van der Waals surface area contributed by atoms with Crippen molar-refractivity contribution in [3.63, 3.8) is 0 Å². The minimum absolute atomic E-state index is 0.607. The van der Waals surface area contributed by atoms with Crippen LogP contribution in [0.5, 0.6) is 5.88 Å². The number of nitrogens with zero attached hydrogens (tertiary/aromatic N) is 2.